The van der Waals surface area contributed by atoms with Crippen molar-refractivity contribution in [2.75, 3.05) is 39.4 Å². The number of rotatable bonds is 7. The number of carbonyl (C=O) groups excluding carboxylic acids is 1. The van der Waals surface area contributed by atoms with Crippen LogP contribution in [0.4, 0.5) is 4.39 Å². The van der Waals surface area contributed by atoms with E-state index < -0.39 is 0 Å². The summed E-state index contributed by atoms with van der Waals surface area (Å²) in [6.45, 7) is 8.55. The molecule has 0 saturated carbocycles. The monoisotopic (exact) mass is 374 g/mol. The standard InChI is InChI=1S/C20H27FN4O2/c1-15-18(16(2)23-22-15)13-20(26)25(8-7-24-9-11-27-12-10-24)14-17-5-3-4-6-19(17)21/h3-6H,7-14H2,1-2H3,(H,22,23). The van der Waals surface area contributed by atoms with Crippen LogP contribution in [0.1, 0.15) is 22.5 Å². The minimum Gasteiger partial charge on any atom is -0.379 e. The number of nitrogens with one attached hydrogen (secondary N) is 1. The summed E-state index contributed by atoms with van der Waals surface area (Å²) >= 11 is 0. The van der Waals surface area contributed by atoms with Crippen LogP contribution in [-0.4, -0.2) is 65.3 Å². The van der Waals surface area contributed by atoms with Gasteiger partial charge in [0.05, 0.1) is 25.3 Å². The minimum absolute atomic E-state index is 0.0147. The maximum absolute atomic E-state index is 14.1. The molecule has 1 aliphatic rings. The van der Waals surface area contributed by atoms with E-state index in [1.807, 2.05) is 13.8 Å². The molecule has 2 aromatic rings. The molecule has 27 heavy (non-hydrogen) atoms. The van der Waals surface area contributed by atoms with Crippen molar-refractivity contribution in [1.29, 1.82) is 0 Å². The Hall–Kier alpha value is -2.25. The number of aryl methyl sites for hydroxylation is 2. The van der Waals surface area contributed by atoms with E-state index in [1.165, 1.54) is 6.07 Å². The quantitative estimate of drug-likeness (QED) is 0.806. The van der Waals surface area contributed by atoms with Crippen LogP contribution in [0.25, 0.3) is 0 Å². The third-order valence-electron chi connectivity index (χ3n) is 5.07. The molecule has 0 spiro atoms. The minimum atomic E-state index is -0.280. The topological polar surface area (TPSA) is 61.5 Å². The highest BCUT2D eigenvalue weighted by Gasteiger charge is 2.20. The molecule has 7 heteroatoms. The highest BCUT2D eigenvalue weighted by Crippen LogP contribution is 2.15. The Bertz CT molecular complexity index is 752. The summed E-state index contributed by atoms with van der Waals surface area (Å²) in [6.07, 6.45) is 0.270. The van der Waals surface area contributed by atoms with E-state index in [1.54, 1.807) is 23.1 Å². The molecular formula is C20H27FN4O2. The molecule has 0 unspecified atom stereocenters. The van der Waals surface area contributed by atoms with Gasteiger partial charge in [0.15, 0.2) is 0 Å². The van der Waals surface area contributed by atoms with Crippen LogP contribution >= 0.6 is 0 Å². The molecule has 1 aromatic carbocycles. The molecule has 3 rings (SSSR count). The second kappa shape index (κ2) is 9.10. The molecule has 146 valence electrons. The summed E-state index contributed by atoms with van der Waals surface area (Å²) < 4.78 is 19.5. The Morgan fingerprint density at radius 1 is 1.30 bits per heavy atom. The highest BCUT2D eigenvalue weighted by atomic mass is 19.1. The van der Waals surface area contributed by atoms with Gasteiger partial charge in [0, 0.05) is 49.5 Å². The first-order chi connectivity index (χ1) is 13.0. The number of hydrogen-bond donors (Lipinski definition) is 1. The number of morpholine rings is 1. The zero-order valence-corrected chi connectivity index (χ0v) is 16.0. The van der Waals surface area contributed by atoms with Crippen molar-refractivity contribution < 1.29 is 13.9 Å². The van der Waals surface area contributed by atoms with Crippen LogP contribution in [-0.2, 0) is 22.5 Å². The van der Waals surface area contributed by atoms with Gasteiger partial charge in [-0.2, -0.15) is 5.10 Å². The molecule has 0 aliphatic carbocycles. The molecule has 0 atom stereocenters. The molecule has 0 bridgehead atoms. The maximum Gasteiger partial charge on any atom is 0.227 e. The zero-order chi connectivity index (χ0) is 19.2. The van der Waals surface area contributed by atoms with Gasteiger partial charge in [-0.05, 0) is 19.9 Å². The Labute approximate surface area is 159 Å². The molecule has 1 aromatic heterocycles. The van der Waals surface area contributed by atoms with E-state index >= 15 is 0 Å². The van der Waals surface area contributed by atoms with Crippen LogP contribution in [0.15, 0.2) is 24.3 Å². The number of halogens is 1. The summed E-state index contributed by atoms with van der Waals surface area (Å²) in [5, 5.41) is 7.09. The van der Waals surface area contributed by atoms with Crippen molar-refractivity contribution >= 4 is 5.91 Å². The van der Waals surface area contributed by atoms with Gasteiger partial charge >= 0.3 is 0 Å². The fourth-order valence-electron chi connectivity index (χ4n) is 3.31. The Morgan fingerprint density at radius 2 is 2.04 bits per heavy atom. The summed E-state index contributed by atoms with van der Waals surface area (Å²) in [5.74, 6) is -0.295. The van der Waals surface area contributed by atoms with E-state index in [4.69, 9.17) is 4.74 Å². The third kappa shape index (κ3) is 5.14. The van der Waals surface area contributed by atoms with Gasteiger partial charge in [0.25, 0.3) is 0 Å². The second-order valence-corrected chi connectivity index (χ2v) is 6.95. The first kappa shape index (κ1) is 19.5. The summed E-state index contributed by atoms with van der Waals surface area (Å²) in [4.78, 5) is 17.0. The third-order valence-corrected chi connectivity index (χ3v) is 5.07. The van der Waals surface area contributed by atoms with Gasteiger partial charge in [-0.15, -0.1) is 0 Å². The zero-order valence-electron chi connectivity index (χ0n) is 16.0. The van der Waals surface area contributed by atoms with Crippen molar-refractivity contribution in [3.63, 3.8) is 0 Å². The number of amides is 1. The predicted molar refractivity (Wildman–Crippen MR) is 101 cm³/mol. The average molecular weight is 374 g/mol. The van der Waals surface area contributed by atoms with E-state index in [-0.39, 0.29) is 24.7 Å². The van der Waals surface area contributed by atoms with Crippen LogP contribution in [0.2, 0.25) is 0 Å². The lowest BCUT2D eigenvalue weighted by Crippen LogP contribution is -2.43. The Balaban J connectivity index is 1.71. The largest absolute Gasteiger partial charge is 0.379 e. The number of benzene rings is 1. The SMILES string of the molecule is Cc1n[nH]c(C)c1CC(=O)N(CCN1CCOCC1)Cc1ccccc1F. The molecule has 1 fully saturated rings. The molecule has 1 amide bonds. The number of aromatic amines is 1. The van der Waals surface area contributed by atoms with E-state index in [9.17, 15) is 9.18 Å². The van der Waals surface area contributed by atoms with Crippen molar-refractivity contribution in [2.45, 2.75) is 26.8 Å². The molecule has 1 saturated heterocycles. The molecular weight excluding hydrogens is 347 g/mol. The molecule has 2 heterocycles. The van der Waals surface area contributed by atoms with Gasteiger partial charge in [-0.1, -0.05) is 18.2 Å². The van der Waals surface area contributed by atoms with Gasteiger partial charge in [-0.3, -0.25) is 14.8 Å². The summed E-state index contributed by atoms with van der Waals surface area (Å²) in [7, 11) is 0. The number of carbonyl (C=O) groups is 1. The molecule has 1 N–H and O–H groups in total. The maximum atomic E-state index is 14.1. The number of nitrogens with zero attached hydrogens (tertiary/aromatic N) is 3. The van der Waals surface area contributed by atoms with Gasteiger partial charge in [0.1, 0.15) is 5.82 Å². The molecule has 6 nitrogen and oxygen atoms in total. The van der Waals surface area contributed by atoms with E-state index in [0.717, 1.165) is 36.6 Å². The lowest BCUT2D eigenvalue weighted by atomic mass is 10.1. The van der Waals surface area contributed by atoms with E-state index in [0.29, 0.717) is 25.3 Å². The Morgan fingerprint density at radius 3 is 2.70 bits per heavy atom. The highest BCUT2D eigenvalue weighted by molar-refractivity contribution is 5.79. The lowest BCUT2D eigenvalue weighted by Gasteiger charge is -2.30. The smallest absolute Gasteiger partial charge is 0.227 e. The van der Waals surface area contributed by atoms with Gasteiger partial charge in [-0.25, -0.2) is 4.39 Å². The number of H-pyrrole nitrogens is 1. The first-order valence-corrected chi connectivity index (χ1v) is 9.36. The fraction of sp³-hybridized carbons (Fsp3) is 0.500. The molecule has 1 aliphatic heterocycles. The predicted octanol–water partition coefficient (Wildman–Crippen LogP) is 2.07. The average Bonchev–Trinajstić information content (AvgIpc) is 2.99. The second-order valence-electron chi connectivity index (χ2n) is 6.95. The first-order valence-electron chi connectivity index (χ1n) is 9.36. The van der Waals surface area contributed by atoms with E-state index in [2.05, 4.69) is 15.1 Å². The summed E-state index contributed by atoms with van der Waals surface area (Å²) in [5.41, 5.74) is 3.19. The summed E-state index contributed by atoms with van der Waals surface area (Å²) in [6, 6.07) is 6.63. The van der Waals surface area contributed by atoms with Gasteiger partial charge in [0.2, 0.25) is 5.91 Å². The van der Waals surface area contributed by atoms with Crippen molar-refractivity contribution in [2.24, 2.45) is 0 Å². The van der Waals surface area contributed by atoms with Crippen LogP contribution < -0.4 is 0 Å². The van der Waals surface area contributed by atoms with Crippen LogP contribution in [0, 0.1) is 19.7 Å². The number of aromatic nitrogens is 2. The van der Waals surface area contributed by atoms with Gasteiger partial charge < -0.3 is 9.64 Å². The lowest BCUT2D eigenvalue weighted by molar-refractivity contribution is -0.131. The molecule has 0 radical (unpaired) electrons. The van der Waals surface area contributed by atoms with Crippen molar-refractivity contribution in [3.05, 3.63) is 52.6 Å². The van der Waals surface area contributed by atoms with Crippen molar-refractivity contribution in [3.8, 4) is 0 Å². The number of hydrogen-bond acceptors (Lipinski definition) is 4. The fourth-order valence-corrected chi connectivity index (χ4v) is 3.31. The van der Waals surface area contributed by atoms with Crippen LogP contribution in [0.5, 0.6) is 0 Å². The Kier molecular flexibility index (Phi) is 6.58. The van der Waals surface area contributed by atoms with Crippen molar-refractivity contribution in [1.82, 2.24) is 20.0 Å². The normalized spacial score (nSPS) is 15.1. The van der Waals surface area contributed by atoms with Crippen LogP contribution in [0.3, 0.4) is 0 Å². The number of ether oxygens (including phenoxy) is 1.